The van der Waals surface area contributed by atoms with Gasteiger partial charge in [0, 0.05) is 18.3 Å². The maximum Gasteiger partial charge on any atom is 0.319 e. The summed E-state index contributed by atoms with van der Waals surface area (Å²) in [6.07, 6.45) is 3.28. The van der Waals surface area contributed by atoms with Crippen LogP contribution in [0.2, 0.25) is 0 Å². The molecule has 0 aliphatic rings. The van der Waals surface area contributed by atoms with Gasteiger partial charge in [-0.3, -0.25) is 5.10 Å². The smallest absolute Gasteiger partial charge is 0.319 e. The van der Waals surface area contributed by atoms with Gasteiger partial charge < -0.3 is 10.6 Å². The summed E-state index contributed by atoms with van der Waals surface area (Å²) in [7, 11) is 0. The first-order valence-electron chi connectivity index (χ1n) is 7.10. The highest BCUT2D eigenvalue weighted by molar-refractivity contribution is 5.89. The van der Waals surface area contributed by atoms with Gasteiger partial charge in [0.05, 0.1) is 11.9 Å². The van der Waals surface area contributed by atoms with Crippen molar-refractivity contribution in [1.82, 2.24) is 15.5 Å². The van der Waals surface area contributed by atoms with E-state index in [1.165, 1.54) is 12.1 Å². The van der Waals surface area contributed by atoms with Crippen molar-refractivity contribution in [2.24, 2.45) is 0 Å². The molecular formula is C17H15FN4O. The molecule has 0 unspecified atom stereocenters. The average Bonchev–Trinajstić information content (AvgIpc) is 3.10. The SMILES string of the molecule is O=C(NCc1ccccc1)Nc1ccc(-c2cn[nH]c2)cc1F. The third-order valence-electron chi connectivity index (χ3n) is 3.34. The Labute approximate surface area is 132 Å². The molecule has 3 N–H and O–H groups in total. The molecule has 0 aliphatic carbocycles. The van der Waals surface area contributed by atoms with Gasteiger partial charge in [0.25, 0.3) is 0 Å². The van der Waals surface area contributed by atoms with Crippen molar-refractivity contribution < 1.29 is 9.18 Å². The van der Waals surface area contributed by atoms with Crippen molar-refractivity contribution in [3.05, 3.63) is 72.3 Å². The van der Waals surface area contributed by atoms with Crippen molar-refractivity contribution in [3.63, 3.8) is 0 Å². The number of halogens is 1. The van der Waals surface area contributed by atoms with Crippen LogP contribution in [0, 0.1) is 5.82 Å². The molecule has 3 aromatic rings. The molecule has 0 spiro atoms. The number of H-pyrrole nitrogens is 1. The molecule has 1 heterocycles. The summed E-state index contributed by atoms with van der Waals surface area (Å²) >= 11 is 0. The van der Waals surface area contributed by atoms with Crippen LogP contribution in [0.1, 0.15) is 5.56 Å². The van der Waals surface area contributed by atoms with Crippen molar-refractivity contribution >= 4 is 11.7 Å². The number of nitrogens with one attached hydrogen (secondary N) is 3. The first-order valence-corrected chi connectivity index (χ1v) is 7.10. The molecule has 5 nitrogen and oxygen atoms in total. The molecule has 0 fully saturated rings. The Morgan fingerprint density at radius 2 is 1.96 bits per heavy atom. The normalized spacial score (nSPS) is 10.3. The van der Waals surface area contributed by atoms with Crippen LogP contribution in [0.25, 0.3) is 11.1 Å². The zero-order valence-electron chi connectivity index (χ0n) is 12.2. The Balaban J connectivity index is 1.62. The number of urea groups is 1. The van der Waals surface area contributed by atoms with Crippen molar-refractivity contribution in [1.29, 1.82) is 0 Å². The predicted molar refractivity (Wildman–Crippen MR) is 86.3 cm³/mol. The molecule has 116 valence electrons. The Morgan fingerprint density at radius 3 is 2.65 bits per heavy atom. The lowest BCUT2D eigenvalue weighted by Gasteiger charge is -2.09. The molecule has 0 saturated carbocycles. The van der Waals surface area contributed by atoms with Gasteiger partial charge in [-0.05, 0) is 23.3 Å². The van der Waals surface area contributed by atoms with Gasteiger partial charge in [0.15, 0.2) is 0 Å². The first kappa shape index (κ1) is 14.8. The number of anilines is 1. The highest BCUT2D eigenvalue weighted by Crippen LogP contribution is 2.23. The minimum absolute atomic E-state index is 0.128. The Hall–Kier alpha value is -3.15. The van der Waals surface area contributed by atoms with Crippen LogP contribution < -0.4 is 10.6 Å². The summed E-state index contributed by atoms with van der Waals surface area (Å²) < 4.78 is 14.1. The van der Waals surface area contributed by atoms with E-state index in [0.29, 0.717) is 12.1 Å². The number of benzene rings is 2. The molecule has 0 aliphatic heterocycles. The molecule has 0 saturated heterocycles. The topological polar surface area (TPSA) is 69.8 Å². The van der Waals surface area contributed by atoms with Gasteiger partial charge in [0.1, 0.15) is 5.82 Å². The van der Waals surface area contributed by atoms with E-state index in [1.807, 2.05) is 30.3 Å². The van der Waals surface area contributed by atoms with Gasteiger partial charge in [-0.15, -0.1) is 0 Å². The summed E-state index contributed by atoms with van der Waals surface area (Å²) in [5.74, 6) is -0.501. The predicted octanol–water partition coefficient (Wildman–Crippen LogP) is 3.54. The van der Waals surface area contributed by atoms with Crippen molar-refractivity contribution in [2.75, 3.05) is 5.32 Å². The van der Waals surface area contributed by atoms with E-state index in [4.69, 9.17) is 0 Å². The van der Waals surface area contributed by atoms with E-state index in [2.05, 4.69) is 20.8 Å². The number of carbonyl (C=O) groups is 1. The summed E-state index contributed by atoms with van der Waals surface area (Å²) in [4.78, 5) is 11.8. The maximum absolute atomic E-state index is 14.1. The number of nitrogens with zero attached hydrogens (tertiary/aromatic N) is 1. The molecule has 1 aromatic heterocycles. The van der Waals surface area contributed by atoms with Gasteiger partial charge in [-0.2, -0.15) is 5.10 Å². The molecular weight excluding hydrogens is 295 g/mol. The summed E-state index contributed by atoms with van der Waals surface area (Å²) in [6.45, 7) is 0.376. The summed E-state index contributed by atoms with van der Waals surface area (Å²) in [6, 6.07) is 13.6. The third-order valence-corrected chi connectivity index (χ3v) is 3.34. The number of hydrogen-bond donors (Lipinski definition) is 3. The fourth-order valence-electron chi connectivity index (χ4n) is 2.15. The Morgan fingerprint density at radius 1 is 1.13 bits per heavy atom. The highest BCUT2D eigenvalue weighted by Gasteiger charge is 2.09. The van der Waals surface area contributed by atoms with Crippen LogP contribution >= 0.6 is 0 Å². The largest absolute Gasteiger partial charge is 0.334 e. The quantitative estimate of drug-likeness (QED) is 0.690. The summed E-state index contributed by atoms with van der Waals surface area (Å²) in [5.41, 5.74) is 2.57. The number of aromatic amines is 1. The maximum atomic E-state index is 14.1. The highest BCUT2D eigenvalue weighted by atomic mass is 19.1. The lowest BCUT2D eigenvalue weighted by molar-refractivity contribution is 0.251. The fraction of sp³-hybridized carbons (Fsp3) is 0.0588. The van der Waals surface area contributed by atoms with E-state index in [9.17, 15) is 9.18 Å². The molecule has 6 heteroatoms. The molecule has 23 heavy (non-hydrogen) atoms. The van der Waals surface area contributed by atoms with Crippen molar-refractivity contribution in [2.45, 2.75) is 6.54 Å². The molecule has 2 amide bonds. The second-order valence-corrected chi connectivity index (χ2v) is 4.97. The first-order chi connectivity index (χ1) is 11.2. The van der Waals surface area contributed by atoms with Crippen LogP contribution in [0.15, 0.2) is 60.9 Å². The van der Waals surface area contributed by atoms with E-state index in [1.54, 1.807) is 18.5 Å². The second-order valence-electron chi connectivity index (χ2n) is 4.97. The van der Waals surface area contributed by atoms with E-state index in [0.717, 1.165) is 11.1 Å². The van der Waals surface area contributed by atoms with Crippen LogP contribution in [-0.4, -0.2) is 16.2 Å². The number of aromatic nitrogens is 2. The molecule has 0 bridgehead atoms. The second kappa shape index (κ2) is 6.74. The lowest BCUT2D eigenvalue weighted by Crippen LogP contribution is -2.28. The molecule has 3 rings (SSSR count). The number of rotatable bonds is 4. The minimum Gasteiger partial charge on any atom is -0.334 e. The van der Waals surface area contributed by atoms with Gasteiger partial charge in [0.2, 0.25) is 0 Å². The van der Waals surface area contributed by atoms with Crippen LogP contribution in [-0.2, 0) is 6.54 Å². The molecule has 0 atom stereocenters. The van der Waals surface area contributed by atoms with Gasteiger partial charge in [-0.25, -0.2) is 9.18 Å². The summed E-state index contributed by atoms with van der Waals surface area (Å²) in [5, 5.41) is 11.7. The zero-order valence-corrected chi connectivity index (χ0v) is 12.2. The monoisotopic (exact) mass is 310 g/mol. The van der Waals surface area contributed by atoms with Gasteiger partial charge >= 0.3 is 6.03 Å². The number of hydrogen-bond acceptors (Lipinski definition) is 2. The minimum atomic E-state index is -0.501. The zero-order chi connectivity index (χ0) is 16.1. The standard InChI is InChI=1S/C17H15FN4O/c18-15-8-13(14-10-20-21-11-14)6-7-16(15)22-17(23)19-9-12-4-2-1-3-5-12/h1-8,10-11H,9H2,(H,20,21)(H2,19,22,23). The van der Waals surface area contributed by atoms with E-state index in [-0.39, 0.29) is 5.69 Å². The van der Waals surface area contributed by atoms with Crippen LogP contribution in [0.5, 0.6) is 0 Å². The average molecular weight is 310 g/mol. The fourth-order valence-corrected chi connectivity index (χ4v) is 2.15. The van der Waals surface area contributed by atoms with E-state index < -0.39 is 11.8 Å². The van der Waals surface area contributed by atoms with Crippen LogP contribution in [0.3, 0.4) is 0 Å². The number of amides is 2. The number of carbonyl (C=O) groups excluding carboxylic acids is 1. The van der Waals surface area contributed by atoms with Crippen LogP contribution in [0.4, 0.5) is 14.9 Å². The third kappa shape index (κ3) is 3.74. The molecule has 0 radical (unpaired) electrons. The Kier molecular flexibility index (Phi) is 4.33. The van der Waals surface area contributed by atoms with Gasteiger partial charge in [-0.1, -0.05) is 36.4 Å². The van der Waals surface area contributed by atoms with Crippen molar-refractivity contribution in [3.8, 4) is 11.1 Å². The Bertz CT molecular complexity index is 788. The van der Waals surface area contributed by atoms with E-state index >= 15 is 0 Å². The lowest BCUT2D eigenvalue weighted by atomic mass is 10.1. The molecule has 2 aromatic carbocycles.